The van der Waals surface area contributed by atoms with E-state index in [2.05, 4.69) is 34.8 Å². The highest BCUT2D eigenvalue weighted by molar-refractivity contribution is 8.00. The largest absolute Gasteiger partial charge is 0.352 e. The Labute approximate surface area is 130 Å². The number of anilines is 1. The third kappa shape index (κ3) is 3.02. The summed E-state index contributed by atoms with van der Waals surface area (Å²) >= 11 is 2.03. The highest BCUT2D eigenvalue weighted by atomic mass is 32.2. The van der Waals surface area contributed by atoms with Gasteiger partial charge in [0.05, 0.1) is 0 Å². The third-order valence-electron chi connectivity index (χ3n) is 3.94. The van der Waals surface area contributed by atoms with Crippen LogP contribution in [0, 0.1) is 6.92 Å². The van der Waals surface area contributed by atoms with E-state index >= 15 is 0 Å². The predicted octanol–water partition coefficient (Wildman–Crippen LogP) is 3.18. The van der Waals surface area contributed by atoms with E-state index in [1.807, 2.05) is 37.0 Å². The molecule has 0 radical (unpaired) electrons. The second kappa shape index (κ2) is 6.02. The van der Waals surface area contributed by atoms with E-state index < -0.39 is 0 Å². The predicted molar refractivity (Wildman–Crippen MR) is 88.7 cm³/mol. The molecule has 0 amide bonds. The van der Waals surface area contributed by atoms with Crippen molar-refractivity contribution in [1.29, 1.82) is 0 Å². The van der Waals surface area contributed by atoms with Crippen molar-refractivity contribution in [2.75, 3.05) is 17.2 Å². The maximum absolute atomic E-state index is 4.78. The number of hydrogen-bond acceptors (Lipinski definition) is 5. The van der Waals surface area contributed by atoms with Crippen LogP contribution in [-0.2, 0) is 0 Å². The van der Waals surface area contributed by atoms with Crippen molar-refractivity contribution in [2.45, 2.75) is 32.1 Å². The molecule has 3 heterocycles. The summed E-state index contributed by atoms with van der Waals surface area (Å²) in [6.07, 6.45) is 3.59. The second-order valence-electron chi connectivity index (χ2n) is 5.44. The lowest BCUT2D eigenvalue weighted by atomic mass is 10.2. The van der Waals surface area contributed by atoms with Gasteiger partial charge in [-0.1, -0.05) is 6.92 Å². The monoisotopic (exact) mass is 300 g/mol. The molecule has 2 aromatic heterocycles. The van der Waals surface area contributed by atoms with E-state index in [1.165, 1.54) is 0 Å². The first-order valence-electron chi connectivity index (χ1n) is 7.29. The van der Waals surface area contributed by atoms with Crippen LogP contribution in [0.2, 0.25) is 0 Å². The Morgan fingerprint density at radius 2 is 2.14 bits per heavy atom. The maximum atomic E-state index is 4.78. The van der Waals surface area contributed by atoms with Crippen LogP contribution in [0.5, 0.6) is 0 Å². The minimum atomic E-state index is 0.486. The zero-order valence-electron chi connectivity index (χ0n) is 12.7. The molecule has 2 atom stereocenters. The van der Waals surface area contributed by atoms with Gasteiger partial charge in [-0.3, -0.25) is 4.98 Å². The van der Waals surface area contributed by atoms with Crippen LogP contribution in [0.3, 0.4) is 0 Å². The summed E-state index contributed by atoms with van der Waals surface area (Å²) in [5.41, 5.74) is 1.96. The molecule has 1 aliphatic rings. The van der Waals surface area contributed by atoms with Gasteiger partial charge in [0.25, 0.3) is 0 Å². The van der Waals surface area contributed by atoms with Crippen LogP contribution in [0.1, 0.15) is 19.5 Å². The molecule has 4 nitrogen and oxygen atoms in total. The van der Waals surface area contributed by atoms with Gasteiger partial charge < -0.3 is 4.90 Å². The molecule has 21 heavy (non-hydrogen) atoms. The smallest absolute Gasteiger partial charge is 0.163 e. The molecule has 1 aliphatic heterocycles. The molecule has 110 valence electrons. The Balaban J connectivity index is 1.98. The lowest BCUT2D eigenvalue weighted by molar-refractivity contribution is 0.619. The average Bonchev–Trinajstić information content (AvgIpc) is 2.50. The van der Waals surface area contributed by atoms with Crippen molar-refractivity contribution >= 4 is 17.6 Å². The van der Waals surface area contributed by atoms with Gasteiger partial charge in [-0.25, -0.2) is 9.97 Å². The SMILES string of the molecule is Cc1cc(N2CCSC(C)C2C)nc(-c2cccnc2)n1. The molecule has 0 aliphatic carbocycles. The molecule has 0 saturated carbocycles. The molecule has 0 aromatic carbocycles. The second-order valence-corrected chi connectivity index (χ2v) is 6.93. The number of rotatable bonds is 2. The van der Waals surface area contributed by atoms with Crippen LogP contribution in [0.15, 0.2) is 30.6 Å². The number of nitrogens with zero attached hydrogens (tertiary/aromatic N) is 4. The van der Waals surface area contributed by atoms with E-state index in [-0.39, 0.29) is 0 Å². The van der Waals surface area contributed by atoms with Crippen LogP contribution in [0.25, 0.3) is 11.4 Å². The van der Waals surface area contributed by atoms with Crippen molar-refractivity contribution in [3.05, 3.63) is 36.3 Å². The highest BCUT2D eigenvalue weighted by Crippen LogP contribution is 2.29. The van der Waals surface area contributed by atoms with Crippen LogP contribution >= 0.6 is 11.8 Å². The fraction of sp³-hybridized carbons (Fsp3) is 0.438. The summed E-state index contributed by atoms with van der Waals surface area (Å²) in [6.45, 7) is 7.63. The molecule has 3 rings (SSSR count). The highest BCUT2D eigenvalue weighted by Gasteiger charge is 2.26. The summed E-state index contributed by atoms with van der Waals surface area (Å²) < 4.78 is 0. The number of hydrogen-bond donors (Lipinski definition) is 0. The van der Waals surface area contributed by atoms with E-state index in [4.69, 9.17) is 4.98 Å². The Morgan fingerprint density at radius 3 is 2.90 bits per heavy atom. The molecule has 1 fully saturated rings. The van der Waals surface area contributed by atoms with E-state index in [9.17, 15) is 0 Å². The Morgan fingerprint density at radius 1 is 1.29 bits per heavy atom. The van der Waals surface area contributed by atoms with Gasteiger partial charge in [0.15, 0.2) is 5.82 Å². The minimum Gasteiger partial charge on any atom is -0.352 e. The fourth-order valence-electron chi connectivity index (χ4n) is 2.58. The van der Waals surface area contributed by atoms with Crippen molar-refractivity contribution in [3.8, 4) is 11.4 Å². The first kappa shape index (κ1) is 14.3. The maximum Gasteiger partial charge on any atom is 0.163 e. The van der Waals surface area contributed by atoms with Crippen molar-refractivity contribution < 1.29 is 0 Å². The van der Waals surface area contributed by atoms with E-state index in [0.717, 1.165) is 35.2 Å². The number of aryl methyl sites for hydroxylation is 1. The quantitative estimate of drug-likeness (QED) is 0.852. The summed E-state index contributed by atoms with van der Waals surface area (Å²) in [7, 11) is 0. The fourth-order valence-corrected chi connectivity index (χ4v) is 3.68. The Bertz CT molecular complexity index is 617. The number of aromatic nitrogens is 3. The average molecular weight is 300 g/mol. The molecule has 2 unspecified atom stereocenters. The van der Waals surface area contributed by atoms with Crippen LogP contribution in [-0.4, -0.2) is 38.5 Å². The summed E-state index contributed by atoms with van der Waals surface area (Å²) in [4.78, 5) is 15.9. The summed E-state index contributed by atoms with van der Waals surface area (Å²) in [5.74, 6) is 2.94. The summed E-state index contributed by atoms with van der Waals surface area (Å²) in [6, 6.07) is 6.49. The van der Waals surface area contributed by atoms with Gasteiger partial charge in [-0.2, -0.15) is 11.8 Å². The zero-order chi connectivity index (χ0) is 14.8. The molecule has 0 bridgehead atoms. The van der Waals surface area contributed by atoms with Gasteiger partial charge >= 0.3 is 0 Å². The summed E-state index contributed by atoms with van der Waals surface area (Å²) in [5, 5.41) is 0.621. The van der Waals surface area contributed by atoms with E-state index in [1.54, 1.807) is 6.20 Å². The van der Waals surface area contributed by atoms with Gasteiger partial charge in [0.1, 0.15) is 5.82 Å². The number of thioether (sulfide) groups is 1. The zero-order valence-corrected chi connectivity index (χ0v) is 13.5. The Hall–Kier alpha value is -1.62. The molecular weight excluding hydrogens is 280 g/mol. The van der Waals surface area contributed by atoms with Crippen LogP contribution in [0.4, 0.5) is 5.82 Å². The molecular formula is C16H20N4S. The topological polar surface area (TPSA) is 41.9 Å². The lowest BCUT2D eigenvalue weighted by Gasteiger charge is -2.38. The normalized spacial score (nSPS) is 22.3. The molecule has 5 heteroatoms. The standard InChI is InChI=1S/C16H20N4S/c1-11-9-15(20-7-8-21-13(3)12(20)2)19-16(18-11)14-5-4-6-17-10-14/h4-6,9-10,12-13H,7-8H2,1-3H3. The van der Waals surface area contributed by atoms with Crippen molar-refractivity contribution in [2.24, 2.45) is 0 Å². The molecule has 0 spiro atoms. The van der Waals surface area contributed by atoms with Gasteiger partial charge in [0, 0.05) is 53.3 Å². The molecule has 0 N–H and O–H groups in total. The lowest BCUT2D eigenvalue weighted by Crippen LogP contribution is -2.45. The first-order chi connectivity index (χ1) is 10.1. The van der Waals surface area contributed by atoms with Gasteiger partial charge in [-0.15, -0.1) is 0 Å². The van der Waals surface area contributed by atoms with E-state index in [0.29, 0.717) is 11.3 Å². The Kier molecular flexibility index (Phi) is 4.10. The van der Waals surface area contributed by atoms with Gasteiger partial charge in [-0.05, 0) is 26.0 Å². The number of pyridine rings is 1. The molecule has 2 aromatic rings. The minimum absolute atomic E-state index is 0.486. The molecule has 1 saturated heterocycles. The van der Waals surface area contributed by atoms with Crippen molar-refractivity contribution in [1.82, 2.24) is 15.0 Å². The third-order valence-corrected chi connectivity index (χ3v) is 5.28. The van der Waals surface area contributed by atoms with Crippen molar-refractivity contribution in [3.63, 3.8) is 0 Å². The van der Waals surface area contributed by atoms with Crippen LogP contribution < -0.4 is 4.90 Å². The van der Waals surface area contributed by atoms with Gasteiger partial charge in [0.2, 0.25) is 0 Å². The first-order valence-corrected chi connectivity index (χ1v) is 8.34.